The Morgan fingerprint density at radius 1 is 1.31 bits per heavy atom. The molecule has 0 saturated heterocycles. The molecule has 0 bridgehead atoms. The summed E-state index contributed by atoms with van der Waals surface area (Å²) in [5.41, 5.74) is 5.32. The van der Waals surface area contributed by atoms with Crippen molar-refractivity contribution in [1.29, 1.82) is 0 Å². The van der Waals surface area contributed by atoms with Crippen molar-refractivity contribution in [2.24, 2.45) is 21.6 Å². The minimum absolute atomic E-state index is 0.0547. The van der Waals surface area contributed by atoms with Gasteiger partial charge in [-0.1, -0.05) is 27.7 Å². The van der Waals surface area contributed by atoms with E-state index in [1.165, 1.54) is 0 Å². The Labute approximate surface area is 77.8 Å². The number of alkyl halides is 2. The van der Waals surface area contributed by atoms with Crippen LogP contribution >= 0.6 is 0 Å². The summed E-state index contributed by atoms with van der Waals surface area (Å²) in [6, 6.07) is 0. The number of nitrogens with zero attached hydrogens (tertiary/aromatic N) is 2. The molecule has 0 aliphatic rings. The maximum absolute atomic E-state index is 11.4. The van der Waals surface area contributed by atoms with E-state index in [-0.39, 0.29) is 5.92 Å². The first-order valence-corrected chi connectivity index (χ1v) is 4.17. The van der Waals surface area contributed by atoms with Gasteiger partial charge in [0.25, 0.3) is 0 Å². The summed E-state index contributed by atoms with van der Waals surface area (Å²) in [6.45, 7) is 4.92. The number of aliphatic imine (C=N–C) groups is 2. The van der Waals surface area contributed by atoms with Crippen LogP contribution in [-0.2, 0) is 0 Å². The van der Waals surface area contributed by atoms with Gasteiger partial charge in [0.1, 0.15) is 12.2 Å². The largest absolute Gasteiger partial charge is 0.387 e. The van der Waals surface area contributed by atoms with E-state index in [0.717, 1.165) is 6.34 Å². The van der Waals surface area contributed by atoms with Crippen LogP contribution in [0.1, 0.15) is 27.7 Å². The third kappa shape index (κ3) is 11.0. The Kier molecular flexibility index (Phi) is 10.2. The van der Waals surface area contributed by atoms with Crippen molar-refractivity contribution >= 4 is 12.2 Å². The van der Waals surface area contributed by atoms with Gasteiger partial charge in [-0.3, -0.25) is 0 Å². The summed E-state index contributed by atoms with van der Waals surface area (Å²) in [5, 5.41) is 0. The highest BCUT2D eigenvalue weighted by Gasteiger charge is 1.96. The van der Waals surface area contributed by atoms with Crippen LogP contribution in [0.15, 0.2) is 9.98 Å². The van der Waals surface area contributed by atoms with Crippen molar-refractivity contribution in [2.75, 3.05) is 0 Å². The third-order valence-corrected chi connectivity index (χ3v) is 0.978. The van der Waals surface area contributed by atoms with Gasteiger partial charge in [-0.2, -0.15) is 8.78 Å². The second kappa shape index (κ2) is 9.09. The number of hydrogen-bond donors (Lipinski definition) is 1. The zero-order valence-corrected chi connectivity index (χ0v) is 8.46. The Balaban J connectivity index is 0. The predicted molar refractivity (Wildman–Crippen MR) is 52.3 cm³/mol. The molecule has 5 heteroatoms. The van der Waals surface area contributed by atoms with Crippen LogP contribution < -0.4 is 5.73 Å². The average molecular weight is 193 g/mol. The molecule has 0 unspecified atom stereocenters. The van der Waals surface area contributed by atoms with Crippen molar-refractivity contribution in [3.8, 4) is 0 Å². The van der Waals surface area contributed by atoms with Gasteiger partial charge in [0.15, 0.2) is 0 Å². The first kappa shape index (κ1) is 14.5. The van der Waals surface area contributed by atoms with Crippen molar-refractivity contribution in [2.45, 2.75) is 34.2 Å². The van der Waals surface area contributed by atoms with Gasteiger partial charge < -0.3 is 5.73 Å². The highest BCUT2D eigenvalue weighted by molar-refractivity contribution is 5.88. The first-order chi connectivity index (χ1) is 6.04. The Morgan fingerprint density at radius 3 is 2.08 bits per heavy atom. The Hall–Kier alpha value is -1.00. The van der Waals surface area contributed by atoms with Gasteiger partial charge in [-0.15, -0.1) is 0 Å². The van der Waals surface area contributed by atoms with Gasteiger partial charge in [0, 0.05) is 5.92 Å². The fourth-order valence-corrected chi connectivity index (χ4v) is 0.299. The van der Waals surface area contributed by atoms with E-state index in [1.807, 2.05) is 27.7 Å². The fourth-order valence-electron chi connectivity index (χ4n) is 0.299. The molecule has 0 atom stereocenters. The zero-order chi connectivity index (χ0) is 10.9. The summed E-state index contributed by atoms with van der Waals surface area (Å²) in [7, 11) is 0. The standard InChI is InChI=1S/C6H11F2N3.C2H6/c1-4(2)5(9)10-3-11-6(7)8;1-2/h3-4,6H,1-2H3,(H2,9,10,11);1-2H3. The van der Waals surface area contributed by atoms with Crippen LogP contribution in [0.5, 0.6) is 0 Å². The van der Waals surface area contributed by atoms with Crippen molar-refractivity contribution in [3.05, 3.63) is 0 Å². The van der Waals surface area contributed by atoms with E-state index in [4.69, 9.17) is 5.73 Å². The normalized spacial score (nSPS) is 12.2. The zero-order valence-electron chi connectivity index (χ0n) is 8.46. The molecule has 13 heavy (non-hydrogen) atoms. The number of halogens is 2. The lowest BCUT2D eigenvalue weighted by atomic mass is 10.2. The quantitative estimate of drug-likeness (QED) is 0.417. The lowest BCUT2D eigenvalue weighted by Crippen LogP contribution is -2.18. The smallest absolute Gasteiger partial charge is 0.333 e. The molecule has 0 saturated carbocycles. The van der Waals surface area contributed by atoms with Crippen LogP contribution in [0.2, 0.25) is 0 Å². The van der Waals surface area contributed by atoms with Crippen LogP contribution in [0.4, 0.5) is 8.78 Å². The van der Waals surface area contributed by atoms with E-state index in [1.54, 1.807) is 0 Å². The molecule has 0 aromatic heterocycles. The molecule has 0 heterocycles. The second-order valence-corrected chi connectivity index (χ2v) is 2.25. The lowest BCUT2D eigenvalue weighted by Gasteiger charge is -1.99. The third-order valence-electron chi connectivity index (χ3n) is 0.978. The van der Waals surface area contributed by atoms with Crippen molar-refractivity contribution < 1.29 is 8.78 Å². The predicted octanol–water partition coefficient (Wildman–Crippen LogP) is 2.28. The van der Waals surface area contributed by atoms with E-state index < -0.39 is 6.55 Å². The van der Waals surface area contributed by atoms with Gasteiger partial charge in [0.05, 0.1) is 0 Å². The van der Waals surface area contributed by atoms with Crippen molar-refractivity contribution in [1.82, 2.24) is 0 Å². The topological polar surface area (TPSA) is 50.7 Å². The average Bonchev–Trinajstić information content (AvgIpc) is 2.07. The molecular weight excluding hydrogens is 176 g/mol. The molecule has 78 valence electrons. The highest BCUT2D eigenvalue weighted by atomic mass is 19.3. The summed E-state index contributed by atoms with van der Waals surface area (Å²) in [6.07, 6.45) is 0.778. The lowest BCUT2D eigenvalue weighted by molar-refractivity contribution is 0.160. The van der Waals surface area contributed by atoms with Crippen LogP contribution in [0.25, 0.3) is 0 Å². The maximum atomic E-state index is 11.4. The summed E-state index contributed by atoms with van der Waals surface area (Å²) in [4.78, 5) is 6.21. The van der Waals surface area contributed by atoms with Crippen LogP contribution in [0.3, 0.4) is 0 Å². The minimum Gasteiger partial charge on any atom is -0.387 e. The molecule has 2 N–H and O–H groups in total. The molecule has 0 spiro atoms. The molecule has 0 amide bonds. The fraction of sp³-hybridized carbons (Fsp3) is 0.750. The van der Waals surface area contributed by atoms with Gasteiger partial charge >= 0.3 is 6.55 Å². The second-order valence-electron chi connectivity index (χ2n) is 2.25. The number of hydrogen-bond acceptors (Lipinski definition) is 1. The maximum Gasteiger partial charge on any atom is 0.333 e. The Bertz CT molecular complexity index is 165. The van der Waals surface area contributed by atoms with Gasteiger partial charge in [-0.25, -0.2) is 9.98 Å². The van der Waals surface area contributed by atoms with E-state index in [0.29, 0.717) is 5.84 Å². The number of rotatable bonds is 3. The summed E-state index contributed by atoms with van der Waals surface area (Å²) in [5.74, 6) is 0.355. The molecule has 0 aromatic rings. The van der Waals surface area contributed by atoms with E-state index >= 15 is 0 Å². The van der Waals surface area contributed by atoms with Gasteiger partial charge in [-0.05, 0) is 0 Å². The minimum atomic E-state index is -2.71. The Morgan fingerprint density at radius 2 is 1.77 bits per heavy atom. The van der Waals surface area contributed by atoms with Crippen LogP contribution in [-0.4, -0.2) is 18.7 Å². The first-order valence-electron chi connectivity index (χ1n) is 4.17. The molecule has 0 aliphatic heterocycles. The number of nitrogens with two attached hydrogens (primary N) is 1. The molecular formula is C8H17F2N3. The summed E-state index contributed by atoms with van der Waals surface area (Å²) < 4.78 is 22.8. The molecule has 0 rings (SSSR count). The molecule has 0 fully saturated rings. The summed E-state index contributed by atoms with van der Waals surface area (Å²) >= 11 is 0. The number of amidine groups is 1. The molecule has 0 radical (unpaired) electrons. The van der Waals surface area contributed by atoms with Crippen LogP contribution in [0, 0.1) is 5.92 Å². The van der Waals surface area contributed by atoms with E-state index in [2.05, 4.69) is 9.98 Å². The molecule has 0 aliphatic carbocycles. The van der Waals surface area contributed by atoms with E-state index in [9.17, 15) is 8.78 Å². The molecule has 0 aromatic carbocycles. The van der Waals surface area contributed by atoms with Gasteiger partial charge in [0.2, 0.25) is 0 Å². The molecule has 3 nitrogen and oxygen atoms in total. The monoisotopic (exact) mass is 193 g/mol. The van der Waals surface area contributed by atoms with Crippen molar-refractivity contribution in [3.63, 3.8) is 0 Å². The highest BCUT2D eigenvalue weighted by Crippen LogP contribution is 1.93. The SMILES string of the molecule is CC.CC(C)C(N)=N/C=N/C(F)F.